The van der Waals surface area contributed by atoms with Gasteiger partial charge in [-0.05, 0) is 33.2 Å². The number of hydrogen-bond acceptors (Lipinski definition) is 3. The maximum atomic E-state index is 14.3. The second-order valence-corrected chi connectivity index (χ2v) is 5.32. The van der Waals surface area contributed by atoms with Crippen LogP contribution in [0.4, 0.5) is 4.39 Å². The van der Waals surface area contributed by atoms with Crippen LogP contribution in [-0.4, -0.2) is 30.9 Å². The van der Waals surface area contributed by atoms with E-state index in [9.17, 15) is 4.39 Å². The number of rotatable bonds is 4. The van der Waals surface area contributed by atoms with E-state index in [0.717, 1.165) is 48.4 Å². The van der Waals surface area contributed by atoms with Crippen molar-refractivity contribution in [3.8, 4) is 5.75 Å². The van der Waals surface area contributed by atoms with Gasteiger partial charge in [0.05, 0.1) is 7.11 Å². The topological polar surface area (TPSA) is 34.1 Å². The van der Waals surface area contributed by atoms with Gasteiger partial charge in [-0.2, -0.15) is 0 Å². The fourth-order valence-corrected chi connectivity index (χ4v) is 2.79. The third-order valence-corrected chi connectivity index (χ3v) is 3.92. The van der Waals surface area contributed by atoms with Crippen molar-refractivity contribution in [2.24, 2.45) is 0 Å². The van der Waals surface area contributed by atoms with E-state index >= 15 is 0 Å². The van der Waals surface area contributed by atoms with E-state index in [1.807, 2.05) is 13.8 Å². The van der Waals surface area contributed by atoms with Gasteiger partial charge in [-0.25, -0.2) is 4.39 Å². The van der Waals surface area contributed by atoms with Gasteiger partial charge in [0, 0.05) is 35.5 Å². The highest BCUT2D eigenvalue weighted by atomic mass is 19.1. The normalized spacial score (nSPS) is 21.2. The van der Waals surface area contributed by atoms with E-state index in [1.165, 1.54) is 0 Å². The minimum Gasteiger partial charge on any atom is -0.496 e. The van der Waals surface area contributed by atoms with Crippen molar-refractivity contribution in [3.05, 3.63) is 23.0 Å². The summed E-state index contributed by atoms with van der Waals surface area (Å²) in [5.41, 5.74) is 2.76. The van der Waals surface area contributed by atoms with Gasteiger partial charge in [-0.3, -0.25) is 4.98 Å². The molecule has 1 aromatic heterocycles. The molecule has 0 amide bonds. The molecule has 1 aliphatic heterocycles. The zero-order chi connectivity index (χ0) is 13.8. The van der Waals surface area contributed by atoms with Gasteiger partial charge in [0.15, 0.2) is 0 Å². The number of aromatic nitrogens is 1. The molecule has 0 saturated carbocycles. The zero-order valence-electron chi connectivity index (χ0n) is 12.0. The van der Waals surface area contributed by atoms with E-state index in [4.69, 9.17) is 4.74 Å². The number of methoxy groups -OCH3 is 1. The lowest BCUT2D eigenvalue weighted by molar-refractivity contribution is 0.215. The lowest BCUT2D eigenvalue weighted by Crippen LogP contribution is -2.42. The molecular weight excluding hydrogens is 243 g/mol. The van der Waals surface area contributed by atoms with Crippen LogP contribution in [0.5, 0.6) is 5.75 Å². The zero-order valence-corrected chi connectivity index (χ0v) is 12.0. The SMILES string of the molecule is COc1c(C)cnc(CC(F)C2CCCCN2)c1C. The minimum absolute atomic E-state index is 0.0257. The Morgan fingerprint density at radius 2 is 2.26 bits per heavy atom. The predicted molar refractivity (Wildman–Crippen MR) is 74.5 cm³/mol. The fraction of sp³-hybridized carbons (Fsp3) is 0.667. The van der Waals surface area contributed by atoms with E-state index in [2.05, 4.69) is 10.3 Å². The molecule has 19 heavy (non-hydrogen) atoms. The van der Waals surface area contributed by atoms with Crippen molar-refractivity contribution < 1.29 is 9.13 Å². The van der Waals surface area contributed by atoms with Crippen LogP contribution in [-0.2, 0) is 6.42 Å². The molecule has 1 aliphatic rings. The van der Waals surface area contributed by atoms with E-state index < -0.39 is 6.17 Å². The molecule has 106 valence electrons. The molecule has 0 aromatic carbocycles. The average Bonchev–Trinajstić information content (AvgIpc) is 2.43. The molecule has 0 aliphatic carbocycles. The van der Waals surface area contributed by atoms with E-state index in [-0.39, 0.29) is 6.04 Å². The summed E-state index contributed by atoms with van der Waals surface area (Å²) in [6, 6.07) is -0.0257. The molecular formula is C15H23FN2O. The van der Waals surface area contributed by atoms with Crippen LogP contribution in [0.3, 0.4) is 0 Å². The molecule has 2 rings (SSSR count). The first-order chi connectivity index (χ1) is 9.13. The molecule has 2 atom stereocenters. The molecule has 1 saturated heterocycles. The quantitative estimate of drug-likeness (QED) is 0.910. The Morgan fingerprint density at radius 1 is 1.47 bits per heavy atom. The molecule has 0 bridgehead atoms. The Hall–Kier alpha value is -1.16. The van der Waals surface area contributed by atoms with Crippen LogP contribution in [0, 0.1) is 13.8 Å². The molecule has 2 unspecified atom stereocenters. The fourth-order valence-electron chi connectivity index (χ4n) is 2.79. The highest BCUT2D eigenvalue weighted by Gasteiger charge is 2.24. The van der Waals surface area contributed by atoms with Gasteiger partial charge in [-0.15, -0.1) is 0 Å². The molecule has 0 radical (unpaired) electrons. The van der Waals surface area contributed by atoms with Gasteiger partial charge >= 0.3 is 0 Å². The number of alkyl halides is 1. The number of nitrogens with zero attached hydrogens (tertiary/aromatic N) is 1. The molecule has 1 fully saturated rings. The third kappa shape index (κ3) is 3.24. The number of halogens is 1. The van der Waals surface area contributed by atoms with Crippen molar-refractivity contribution in [2.45, 2.75) is 51.7 Å². The van der Waals surface area contributed by atoms with Gasteiger partial charge in [0.2, 0.25) is 0 Å². The number of pyridine rings is 1. The Balaban J connectivity index is 2.10. The summed E-state index contributed by atoms with van der Waals surface area (Å²) in [5, 5.41) is 3.26. The summed E-state index contributed by atoms with van der Waals surface area (Å²) in [4.78, 5) is 4.37. The highest BCUT2D eigenvalue weighted by molar-refractivity contribution is 5.41. The summed E-state index contributed by atoms with van der Waals surface area (Å²) < 4.78 is 19.7. The molecule has 0 spiro atoms. The van der Waals surface area contributed by atoms with Crippen molar-refractivity contribution in [1.82, 2.24) is 10.3 Å². The first-order valence-electron chi connectivity index (χ1n) is 7.00. The third-order valence-electron chi connectivity index (χ3n) is 3.92. The van der Waals surface area contributed by atoms with Crippen LogP contribution in [0.1, 0.15) is 36.1 Å². The highest BCUT2D eigenvalue weighted by Crippen LogP contribution is 2.26. The van der Waals surface area contributed by atoms with Crippen molar-refractivity contribution in [1.29, 1.82) is 0 Å². The molecule has 2 heterocycles. The standard InChI is InChI=1S/C15H23FN2O/c1-10-9-18-14(11(2)15(10)19-3)8-12(16)13-6-4-5-7-17-13/h9,12-13,17H,4-8H2,1-3H3. The average molecular weight is 266 g/mol. The first kappa shape index (κ1) is 14.3. The van der Waals surface area contributed by atoms with Crippen molar-refractivity contribution >= 4 is 0 Å². The minimum atomic E-state index is -0.876. The Bertz CT molecular complexity index is 430. The summed E-state index contributed by atoms with van der Waals surface area (Å²) in [6.07, 6.45) is 4.44. The van der Waals surface area contributed by atoms with Gasteiger partial charge < -0.3 is 10.1 Å². The summed E-state index contributed by atoms with van der Waals surface area (Å²) >= 11 is 0. The monoisotopic (exact) mass is 266 g/mol. The smallest absolute Gasteiger partial charge is 0.128 e. The van der Waals surface area contributed by atoms with Crippen LogP contribution in [0.25, 0.3) is 0 Å². The summed E-state index contributed by atoms with van der Waals surface area (Å²) in [6.45, 7) is 4.84. The van der Waals surface area contributed by atoms with Gasteiger partial charge in [0.25, 0.3) is 0 Å². The summed E-state index contributed by atoms with van der Waals surface area (Å²) in [7, 11) is 1.65. The Labute approximate surface area is 114 Å². The maximum Gasteiger partial charge on any atom is 0.128 e. The number of hydrogen-bond donors (Lipinski definition) is 1. The number of aryl methyl sites for hydroxylation is 1. The maximum absolute atomic E-state index is 14.3. The first-order valence-corrected chi connectivity index (χ1v) is 7.00. The lowest BCUT2D eigenvalue weighted by atomic mass is 9.96. The van der Waals surface area contributed by atoms with Crippen LogP contribution in [0.15, 0.2) is 6.20 Å². The van der Waals surface area contributed by atoms with Gasteiger partial charge in [-0.1, -0.05) is 6.42 Å². The van der Waals surface area contributed by atoms with Crippen molar-refractivity contribution in [3.63, 3.8) is 0 Å². The number of piperidine rings is 1. The van der Waals surface area contributed by atoms with E-state index in [1.54, 1.807) is 13.3 Å². The number of ether oxygens (including phenoxy) is 1. The van der Waals surface area contributed by atoms with Gasteiger partial charge in [0.1, 0.15) is 11.9 Å². The molecule has 1 N–H and O–H groups in total. The van der Waals surface area contributed by atoms with Crippen LogP contribution < -0.4 is 10.1 Å². The molecule has 4 heteroatoms. The number of nitrogens with one attached hydrogen (secondary N) is 1. The van der Waals surface area contributed by atoms with Crippen LogP contribution >= 0.6 is 0 Å². The van der Waals surface area contributed by atoms with E-state index in [0.29, 0.717) is 6.42 Å². The Morgan fingerprint density at radius 3 is 2.89 bits per heavy atom. The molecule has 1 aromatic rings. The Kier molecular flexibility index (Phi) is 4.75. The lowest BCUT2D eigenvalue weighted by Gasteiger charge is -2.26. The largest absolute Gasteiger partial charge is 0.496 e. The molecule has 3 nitrogen and oxygen atoms in total. The second kappa shape index (κ2) is 6.33. The second-order valence-electron chi connectivity index (χ2n) is 5.32. The van der Waals surface area contributed by atoms with Crippen molar-refractivity contribution in [2.75, 3.05) is 13.7 Å². The predicted octanol–water partition coefficient (Wildman–Crippen LogP) is 2.73. The summed E-state index contributed by atoms with van der Waals surface area (Å²) in [5.74, 6) is 0.828. The van der Waals surface area contributed by atoms with Crippen LogP contribution in [0.2, 0.25) is 0 Å².